The zero-order chi connectivity index (χ0) is 20.4. The minimum atomic E-state index is -0.143. The number of amides is 2. The number of benzene rings is 2. The predicted octanol–water partition coefficient (Wildman–Crippen LogP) is 5.17. The summed E-state index contributed by atoms with van der Waals surface area (Å²) >= 11 is 5.11. The molecule has 2 heterocycles. The second-order valence-electron chi connectivity index (χ2n) is 7.52. The lowest BCUT2D eigenvalue weighted by molar-refractivity contribution is -0.136. The maximum atomic E-state index is 13.2. The second kappa shape index (κ2) is 8.67. The number of thiophene rings is 1. The van der Waals surface area contributed by atoms with Crippen LogP contribution in [0, 0.1) is 5.92 Å². The SMILES string of the molecule is CN(Cc1ccc(Br)s1)C(=O)C1CCCN(C(=O)c2cccc3ccccc23)C1. The number of carbonyl (C=O) groups is 2. The zero-order valence-electron chi connectivity index (χ0n) is 16.3. The molecular weight excluding hydrogens is 448 g/mol. The normalized spacial score (nSPS) is 16.8. The first-order valence-corrected chi connectivity index (χ1v) is 11.4. The molecule has 0 radical (unpaired) electrons. The highest BCUT2D eigenvalue weighted by molar-refractivity contribution is 9.11. The van der Waals surface area contributed by atoms with Crippen molar-refractivity contribution in [2.24, 2.45) is 5.92 Å². The van der Waals surface area contributed by atoms with Crippen molar-refractivity contribution in [3.63, 3.8) is 0 Å². The summed E-state index contributed by atoms with van der Waals surface area (Å²) in [6, 6.07) is 17.8. The third-order valence-corrected chi connectivity index (χ3v) is 7.08. The molecule has 150 valence electrons. The highest BCUT2D eigenvalue weighted by Gasteiger charge is 2.31. The zero-order valence-corrected chi connectivity index (χ0v) is 18.7. The van der Waals surface area contributed by atoms with Gasteiger partial charge in [-0.3, -0.25) is 9.59 Å². The molecule has 0 spiro atoms. The maximum Gasteiger partial charge on any atom is 0.254 e. The lowest BCUT2D eigenvalue weighted by atomic mass is 9.95. The second-order valence-corrected chi connectivity index (χ2v) is 10.1. The minimum Gasteiger partial charge on any atom is -0.340 e. The van der Waals surface area contributed by atoms with Gasteiger partial charge in [-0.2, -0.15) is 0 Å². The van der Waals surface area contributed by atoms with Gasteiger partial charge in [0.25, 0.3) is 5.91 Å². The highest BCUT2D eigenvalue weighted by atomic mass is 79.9. The van der Waals surface area contributed by atoms with E-state index in [1.807, 2.05) is 66.5 Å². The summed E-state index contributed by atoms with van der Waals surface area (Å²) in [6.45, 7) is 1.79. The van der Waals surface area contributed by atoms with E-state index in [1.54, 1.807) is 16.2 Å². The van der Waals surface area contributed by atoms with E-state index in [2.05, 4.69) is 15.9 Å². The Balaban J connectivity index is 1.47. The predicted molar refractivity (Wildman–Crippen MR) is 121 cm³/mol. The van der Waals surface area contributed by atoms with Gasteiger partial charge in [0.1, 0.15) is 0 Å². The Morgan fingerprint density at radius 2 is 1.93 bits per heavy atom. The van der Waals surface area contributed by atoms with Crippen LogP contribution < -0.4 is 0 Å². The summed E-state index contributed by atoms with van der Waals surface area (Å²) in [4.78, 5) is 31.0. The quantitative estimate of drug-likeness (QED) is 0.527. The Bertz CT molecular complexity index is 1040. The molecule has 4 nitrogen and oxygen atoms in total. The Kier molecular flexibility index (Phi) is 6.01. The van der Waals surface area contributed by atoms with Gasteiger partial charge in [-0.25, -0.2) is 0 Å². The van der Waals surface area contributed by atoms with Gasteiger partial charge in [0.05, 0.1) is 16.2 Å². The number of hydrogen-bond acceptors (Lipinski definition) is 3. The molecule has 1 aliphatic rings. The van der Waals surface area contributed by atoms with Crippen molar-refractivity contribution in [1.29, 1.82) is 0 Å². The third kappa shape index (κ3) is 4.38. The number of piperidine rings is 1. The van der Waals surface area contributed by atoms with Crippen molar-refractivity contribution < 1.29 is 9.59 Å². The average Bonchev–Trinajstić information content (AvgIpc) is 3.16. The van der Waals surface area contributed by atoms with Gasteiger partial charge in [0, 0.05) is 30.6 Å². The van der Waals surface area contributed by atoms with Gasteiger partial charge in [0.15, 0.2) is 0 Å². The molecular formula is C23H23BrN2O2S. The van der Waals surface area contributed by atoms with Crippen molar-refractivity contribution in [1.82, 2.24) is 9.80 Å². The first kappa shape index (κ1) is 20.1. The maximum absolute atomic E-state index is 13.2. The van der Waals surface area contributed by atoms with Crippen LogP contribution in [0.3, 0.4) is 0 Å². The summed E-state index contributed by atoms with van der Waals surface area (Å²) in [5.74, 6) is -0.00911. The van der Waals surface area contributed by atoms with Crippen LogP contribution in [0.4, 0.5) is 0 Å². The lowest BCUT2D eigenvalue weighted by Gasteiger charge is -2.34. The number of halogens is 1. The number of hydrogen-bond donors (Lipinski definition) is 0. The average molecular weight is 471 g/mol. The first-order valence-electron chi connectivity index (χ1n) is 9.79. The largest absolute Gasteiger partial charge is 0.340 e. The monoisotopic (exact) mass is 470 g/mol. The molecule has 0 aliphatic carbocycles. The van der Waals surface area contributed by atoms with E-state index in [1.165, 1.54) is 0 Å². The summed E-state index contributed by atoms with van der Waals surface area (Å²) in [6.07, 6.45) is 1.68. The van der Waals surface area contributed by atoms with Crippen molar-refractivity contribution in [2.45, 2.75) is 19.4 Å². The number of rotatable bonds is 4. The molecule has 4 rings (SSSR count). The fourth-order valence-electron chi connectivity index (χ4n) is 4.01. The van der Waals surface area contributed by atoms with Crippen LogP contribution in [0.5, 0.6) is 0 Å². The highest BCUT2D eigenvalue weighted by Crippen LogP contribution is 2.26. The van der Waals surface area contributed by atoms with Crippen molar-refractivity contribution in [2.75, 3.05) is 20.1 Å². The molecule has 1 aromatic heterocycles. The van der Waals surface area contributed by atoms with Crippen LogP contribution in [0.25, 0.3) is 10.8 Å². The standard InChI is InChI=1S/C23H23BrN2O2S/c1-25(15-18-11-12-21(24)29-18)22(27)17-8-5-13-26(14-17)23(28)20-10-4-7-16-6-2-3-9-19(16)20/h2-4,6-7,9-12,17H,5,8,13-15H2,1H3. The molecule has 0 saturated carbocycles. The van der Waals surface area contributed by atoms with Gasteiger partial charge in [-0.1, -0.05) is 36.4 Å². The number of likely N-dealkylation sites (tertiary alicyclic amines) is 1. The molecule has 1 unspecified atom stereocenters. The Morgan fingerprint density at radius 1 is 1.14 bits per heavy atom. The third-order valence-electron chi connectivity index (χ3n) is 5.48. The fourth-order valence-corrected chi connectivity index (χ4v) is 5.54. The number of nitrogens with zero attached hydrogens (tertiary/aromatic N) is 2. The van der Waals surface area contributed by atoms with Crippen molar-refractivity contribution in [3.8, 4) is 0 Å². The minimum absolute atomic E-state index is 0.0177. The van der Waals surface area contributed by atoms with Crippen molar-refractivity contribution >= 4 is 49.9 Å². The summed E-state index contributed by atoms with van der Waals surface area (Å²) in [5.41, 5.74) is 0.716. The van der Waals surface area contributed by atoms with Crippen LogP contribution in [0.1, 0.15) is 28.1 Å². The summed E-state index contributed by atoms with van der Waals surface area (Å²) in [7, 11) is 1.85. The van der Waals surface area contributed by atoms with Crippen LogP contribution >= 0.6 is 27.3 Å². The molecule has 0 N–H and O–H groups in total. The van der Waals surface area contributed by atoms with E-state index in [0.717, 1.165) is 32.3 Å². The van der Waals surface area contributed by atoms with E-state index in [4.69, 9.17) is 0 Å². The Morgan fingerprint density at radius 3 is 2.72 bits per heavy atom. The van der Waals surface area contributed by atoms with Crippen molar-refractivity contribution in [3.05, 3.63) is 68.8 Å². The van der Waals surface area contributed by atoms with E-state index in [0.29, 0.717) is 25.2 Å². The topological polar surface area (TPSA) is 40.6 Å². The smallest absolute Gasteiger partial charge is 0.254 e. The Hall–Kier alpha value is -2.18. The van der Waals surface area contributed by atoms with Crippen LogP contribution in [-0.4, -0.2) is 41.8 Å². The van der Waals surface area contributed by atoms with E-state index in [-0.39, 0.29) is 17.7 Å². The van der Waals surface area contributed by atoms with E-state index < -0.39 is 0 Å². The van der Waals surface area contributed by atoms with Gasteiger partial charge < -0.3 is 9.80 Å². The number of carbonyl (C=O) groups excluding carboxylic acids is 2. The van der Waals surface area contributed by atoms with Gasteiger partial charge >= 0.3 is 0 Å². The van der Waals surface area contributed by atoms with E-state index in [9.17, 15) is 9.59 Å². The molecule has 1 saturated heterocycles. The summed E-state index contributed by atoms with van der Waals surface area (Å²) in [5, 5.41) is 2.03. The van der Waals surface area contributed by atoms with Gasteiger partial charge in [-0.15, -0.1) is 11.3 Å². The fraction of sp³-hybridized carbons (Fsp3) is 0.304. The first-order chi connectivity index (χ1) is 14.0. The molecule has 2 amide bonds. The molecule has 1 fully saturated rings. The van der Waals surface area contributed by atoms with Crippen LogP contribution in [-0.2, 0) is 11.3 Å². The van der Waals surface area contributed by atoms with Gasteiger partial charge in [0.2, 0.25) is 5.91 Å². The lowest BCUT2D eigenvalue weighted by Crippen LogP contribution is -2.45. The molecule has 1 atom stereocenters. The molecule has 1 aliphatic heterocycles. The van der Waals surface area contributed by atoms with E-state index >= 15 is 0 Å². The molecule has 2 aromatic carbocycles. The molecule has 0 bridgehead atoms. The molecule has 29 heavy (non-hydrogen) atoms. The van der Waals surface area contributed by atoms with Gasteiger partial charge in [-0.05, 0) is 57.7 Å². The molecule has 3 aromatic rings. The van der Waals surface area contributed by atoms with Crippen LogP contribution in [0.15, 0.2) is 58.4 Å². The van der Waals surface area contributed by atoms with Crippen LogP contribution in [0.2, 0.25) is 0 Å². The summed E-state index contributed by atoms with van der Waals surface area (Å²) < 4.78 is 1.07. The number of fused-ring (bicyclic) bond motifs is 1. The Labute approximate surface area is 183 Å². The molecule has 6 heteroatoms.